The molecule has 15 heavy (non-hydrogen) atoms. The molecule has 0 spiro atoms. The zero-order valence-corrected chi connectivity index (χ0v) is 10.9. The molecule has 0 aliphatic rings. The Morgan fingerprint density at radius 1 is 1.07 bits per heavy atom. The number of pyridine rings is 1. The molecule has 1 N–H and O–H groups in total. The summed E-state index contributed by atoms with van der Waals surface area (Å²) in [6.07, 6.45) is 3.54. The summed E-state index contributed by atoms with van der Waals surface area (Å²) in [5.74, 6) is 0. The third-order valence-corrected chi connectivity index (χ3v) is 2.98. The highest BCUT2D eigenvalue weighted by molar-refractivity contribution is 9.10. The molecule has 0 fully saturated rings. The zero-order chi connectivity index (χ0) is 10.7. The highest BCUT2D eigenvalue weighted by Gasteiger charge is 1.99. The fraction of sp³-hybridized carbons (Fsp3) is 0. The van der Waals surface area contributed by atoms with Gasteiger partial charge in [-0.15, -0.1) is 0 Å². The summed E-state index contributed by atoms with van der Waals surface area (Å²) in [4.78, 5) is 4.09. The van der Waals surface area contributed by atoms with Crippen molar-refractivity contribution in [3.05, 3.63) is 51.7 Å². The molecule has 2 nitrogen and oxygen atoms in total. The molecule has 0 atom stereocenters. The van der Waals surface area contributed by atoms with Gasteiger partial charge in [-0.05, 0) is 50.1 Å². The lowest BCUT2D eigenvalue weighted by Gasteiger charge is -2.07. The maximum atomic E-state index is 4.09. The second-order valence-electron chi connectivity index (χ2n) is 3.00. The molecule has 0 amide bonds. The van der Waals surface area contributed by atoms with Crippen LogP contribution < -0.4 is 5.32 Å². The van der Waals surface area contributed by atoms with E-state index >= 15 is 0 Å². The van der Waals surface area contributed by atoms with Crippen LogP contribution in [0.5, 0.6) is 0 Å². The molecule has 0 saturated carbocycles. The van der Waals surface area contributed by atoms with Crippen molar-refractivity contribution < 1.29 is 0 Å². The van der Waals surface area contributed by atoms with Gasteiger partial charge in [-0.1, -0.05) is 12.1 Å². The van der Waals surface area contributed by atoms with Crippen LogP contribution in [0, 0.1) is 0 Å². The zero-order valence-electron chi connectivity index (χ0n) is 7.74. The van der Waals surface area contributed by atoms with E-state index in [4.69, 9.17) is 0 Å². The molecule has 1 aromatic heterocycles. The van der Waals surface area contributed by atoms with E-state index in [1.807, 2.05) is 30.3 Å². The average Bonchev–Trinajstić information content (AvgIpc) is 2.22. The normalized spacial score (nSPS) is 10.0. The largest absolute Gasteiger partial charge is 0.353 e. The van der Waals surface area contributed by atoms with Gasteiger partial charge in [0.2, 0.25) is 0 Å². The van der Waals surface area contributed by atoms with Crippen molar-refractivity contribution in [1.29, 1.82) is 0 Å². The highest BCUT2D eigenvalue weighted by Crippen LogP contribution is 2.25. The van der Waals surface area contributed by atoms with Crippen molar-refractivity contribution in [3.63, 3.8) is 0 Å². The lowest BCUT2D eigenvalue weighted by molar-refractivity contribution is 1.30. The molecular weight excluding hydrogens is 320 g/mol. The Hall–Kier alpha value is -0.870. The minimum absolute atomic E-state index is 0.955. The summed E-state index contributed by atoms with van der Waals surface area (Å²) in [7, 11) is 0. The molecule has 0 aliphatic heterocycles. The maximum absolute atomic E-state index is 4.09. The first-order valence-corrected chi connectivity index (χ1v) is 5.96. The molecule has 0 aliphatic carbocycles. The van der Waals surface area contributed by atoms with Gasteiger partial charge in [0.1, 0.15) is 0 Å². The first-order valence-electron chi connectivity index (χ1n) is 4.38. The van der Waals surface area contributed by atoms with Crippen LogP contribution in [-0.4, -0.2) is 4.98 Å². The van der Waals surface area contributed by atoms with E-state index < -0.39 is 0 Å². The van der Waals surface area contributed by atoms with Crippen LogP contribution in [0.15, 0.2) is 51.7 Å². The van der Waals surface area contributed by atoms with Crippen molar-refractivity contribution >= 4 is 43.2 Å². The first kappa shape index (κ1) is 10.6. The lowest BCUT2D eigenvalue weighted by Crippen LogP contribution is -1.91. The summed E-state index contributed by atoms with van der Waals surface area (Å²) >= 11 is 6.86. The number of hydrogen-bond donors (Lipinski definition) is 1. The molecule has 2 aromatic rings. The molecule has 1 aromatic carbocycles. The number of halogens is 2. The van der Waals surface area contributed by atoms with Crippen LogP contribution >= 0.6 is 31.9 Å². The first-order chi connectivity index (χ1) is 7.25. The summed E-state index contributed by atoms with van der Waals surface area (Å²) in [6, 6.07) is 9.94. The van der Waals surface area contributed by atoms with Crippen LogP contribution in [0.4, 0.5) is 11.4 Å². The van der Waals surface area contributed by atoms with Crippen molar-refractivity contribution in [2.45, 2.75) is 0 Å². The van der Waals surface area contributed by atoms with Gasteiger partial charge in [-0.3, -0.25) is 4.98 Å². The average molecular weight is 328 g/mol. The summed E-state index contributed by atoms with van der Waals surface area (Å²) < 4.78 is 1.99. The molecular formula is C11H8Br2N2. The van der Waals surface area contributed by atoms with Gasteiger partial charge in [0.15, 0.2) is 0 Å². The number of rotatable bonds is 2. The Morgan fingerprint density at radius 2 is 1.87 bits per heavy atom. The second kappa shape index (κ2) is 4.77. The Bertz CT molecular complexity index is 472. The van der Waals surface area contributed by atoms with Crippen LogP contribution in [0.2, 0.25) is 0 Å². The predicted octanol–water partition coefficient (Wildman–Crippen LogP) is 4.35. The second-order valence-corrected chi connectivity index (χ2v) is 4.77. The van der Waals surface area contributed by atoms with Gasteiger partial charge >= 0.3 is 0 Å². The summed E-state index contributed by atoms with van der Waals surface area (Å²) in [5.41, 5.74) is 1.98. The lowest BCUT2D eigenvalue weighted by atomic mass is 10.3. The fourth-order valence-electron chi connectivity index (χ4n) is 1.20. The van der Waals surface area contributed by atoms with Gasteiger partial charge < -0.3 is 5.32 Å². The van der Waals surface area contributed by atoms with Gasteiger partial charge in [-0.2, -0.15) is 0 Å². The van der Waals surface area contributed by atoms with E-state index in [1.54, 1.807) is 12.4 Å². The van der Waals surface area contributed by atoms with Gasteiger partial charge in [0, 0.05) is 15.1 Å². The SMILES string of the molecule is Brc1cncc(Nc2ccccc2Br)c1. The third kappa shape index (κ3) is 2.79. The van der Waals surface area contributed by atoms with Gasteiger partial charge in [0.05, 0.1) is 17.6 Å². The standard InChI is InChI=1S/C11H8Br2N2/c12-8-5-9(7-14-6-8)15-11-4-2-1-3-10(11)13/h1-7,15H. The number of nitrogens with zero attached hydrogens (tertiary/aromatic N) is 1. The molecule has 0 unspecified atom stereocenters. The van der Waals surface area contributed by atoms with Crippen LogP contribution in [0.3, 0.4) is 0 Å². The Morgan fingerprint density at radius 3 is 2.60 bits per heavy atom. The van der Waals surface area contributed by atoms with Crippen molar-refractivity contribution in [2.75, 3.05) is 5.32 Å². The van der Waals surface area contributed by atoms with E-state index in [-0.39, 0.29) is 0 Å². The third-order valence-electron chi connectivity index (χ3n) is 1.86. The van der Waals surface area contributed by atoms with E-state index in [2.05, 4.69) is 42.2 Å². The minimum Gasteiger partial charge on any atom is -0.353 e. The van der Waals surface area contributed by atoms with Crippen LogP contribution in [0.25, 0.3) is 0 Å². The number of hydrogen-bond acceptors (Lipinski definition) is 2. The van der Waals surface area contributed by atoms with E-state index in [1.165, 1.54) is 0 Å². The number of nitrogens with one attached hydrogen (secondary N) is 1. The molecule has 0 bridgehead atoms. The van der Waals surface area contributed by atoms with E-state index in [0.717, 1.165) is 20.3 Å². The minimum atomic E-state index is 0.955. The monoisotopic (exact) mass is 326 g/mol. The highest BCUT2D eigenvalue weighted by atomic mass is 79.9. The topological polar surface area (TPSA) is 24.9 Å². The van der Waals surface area contributed by atoms with E-state index in [0.29, 0.717) is 0 Å². The Kier molecular flexibility index (Phi) is 3.38. The molecule has 76 valence electrons. The maximum Gasteiger partial charge on any atom is 0.0582 e. The number of anilines is 2. The smallest absolute Gasteiger partial charge is 0.0582 e. The molecule has 0 saturated heterocycles. The quantitative estimate of drug-likeness (QED) is 0.887. The van der Waals surface area contributed by atoms with E-state index in [9.17, 15) is 0 Å². The van der Waals surface area contributed by atoms with Gasteiger partial charge in [-0.25, -0.2) is 0 Å². The van der Waals surface area contributed by atoms with Crippen LogP contribution in [0.1, 0.15) is 0 Å². The van der Waals surface area contributed by atoms with Crippen LogP contribution in [-0.2, 0) is 0 Å². The van der Waals surface area contributed by atoms with Crippen molar-refractivity contribution in [2.24, 2.45) is 0 Å². The molecule has 2 rings (SSSR count). The summed E-state index contributed by atoms with van der Waals surface area (Å²) in [5, 5.41) is 3.27. The molecule has 0 radical (unpaired) electrons. The number of aromatic nitrogens is 1. The number of benzene rings is 1. The van der Waals surface area contributed by atoms with Crippen molar-refractivity contribution in [1.82, 2.24) is 4.98 Å². The molecule has 1 heterocycles. The fourth-order valence-corrected chi connectivity index (χ4v) is 1.95. The predicted molar refractivity (Wildman–Crippen MR) is 69.4 cm³/mol. The van der Waals surface area contributed by atoms with Gasteiger partial charge in [0.25, 0.3) is 0 Å². The van der Waals surface area contributed by atoms with Crippen molar-refractivity contribution in [3.8, 4) is 0 Å². The Labute approximate surface area is 105 Å². The number of para-hydroxylation sites is 1. The summed E-state index contributed by atoms with van der Waals surface area (Å²) in [6.45, 7) is 0. The Balaban J connectivity index is 2.26. The molecule has 4 heteroatoms.